The van der Waals surface area contributed by atoms with Crippen molar-refractivity contribution in [2.75, 3.05) is 0 Å². The predicted molar refractivity (Wildman–Crippen MR) is 53.9 cm³/mol. The molecule has 2 unspecified atom stereocenters. The second-order valence-electron chi connectivity index (χ2n) is 4.08. The largest absolute Gasteiger partial charge is 0.481 e. The number of alkyl halides is 3. The molecule has 1 N–H and O–H groups in total. The summed E-state index contributed by atoms with van der Waals surface area (Å²) < 4.78 is 40.7. The Hall–Kier alpha value is -1.60. The van der Waals surface area contributed by atoms with E-state index in [1.54, 1.807) is 6.92 Å². The van der Waals surface area contributed by atoms with Crippen LogP contribution in [0.3, 0.4) is 0 Å². The molecule has 18 heavy (non-hydrogen) atoms. The van der Waals surface area contributed by atoms with Crippen molar-refractivity contribution in [3.05, 3.63) is 11.7 Å². The Kier molecular flexibility index (Phi) is 4.31. The van der Waals surface area contributed by atoms with Crippen LogP contribution < -0.4 is 0 Å². The zero-order valence-electron chi connectivity index (χ0n) is 9.86. The molecule has 5 nitrogen and oxygen atoms in total. The molecule has 0 aliphatic rings. The number of carboxylic acids is 1. The molecule has 8 heteroatoms. The molecule has 0 spiro atoms. The van der Waals surface area contributed by atoms with Crippen LogP contribution in [0.15, 0.2) is 4.52 Å². The Bertz CT molecular complexity index is 417. The Morgan fingerprint density at radius 1 is 1.44 bits per heavy atom. The molecule has 0 radical (unpaired) electrons. The number of nitrogens with zero attached hydrogens (tertiary/aromatic N) is 2. The molecule has 102 valence electrons. The molecule has 1 aromatic rings. The number of aliphatic carboxylic acids is 1. The van der Waals surface area contributed by atoms with Gasteiger partial charge in [-0.2, -0.15) is 18.2 Å². The number of hydrogen-bond acceptors (Lipinski definition) is 4. The van der Waals surface area contributed by atoms with Gasteiger partial charge in [0.05, 0.1) is 12.3 Å². The predicted octanol–water partition coefficient (Wildman–Crippen LogP) is 2.39. The van der Waals surface area contributed by atoms with Crippen LogP contribution in [0.5, 0.6) is 0 Å². The fourth-order valence-corrected chi connectivity index (χ4v) is 1.24. The lowest BCUT2D eigenvalue weighted by Crippen LogP contribution is -2.17. The minimum atomic E-state index is -4.28. The molecule has 0 aliphatic heterocycles. The standard InChI is InChI=1S/C10H13F3N2O3/c1-5(6(2)9(16)17)8-14-7(15-18-8)3-4-10(11,12)13/h5-6H,3-4H2,1-2H3,(H,16,17). The van der Waals surface area contributed by atoms with E-state index in [-0.39, 0.29) is 18.1 Å². The van der Waals surface area contributed by atoms with Gasteiger partial charge in [-0.3, -0.25) is 4.79 Å². The molecule has 0 aliphatic carbocycles. The van der Waals surface area contributed by atoms with Gasteiger partial charge < -0.3 is 9.63 Å². The van der Waals surface area contributed by atoms with E-state index in [4.69, 9.17) is 9.63 Å². The third-order valence-corrected chi connectivity index (χ3v) is 2.64. The van der Waals surface area contributed by atoms with Gasteiger partial charge in [0.1, 0.15) is 0 Å². The normalized spacial score (nSPS) is 15.4. The van der Waals surface area contributed by atoms with E-state index in [2.05, 4.69) is 10.1 Å². The minimum absolute atomic E-state index is 0.0436. The number of halogens is 3. The lowest BCUT2D eigenvalue weighted by atomic mass is 9.96. The van der Waals surface area contributed by atoms with E-state index >= 15 is 0 Å². The molecule has 0 amide bonds. The van der Waals surface area contributed by atoms with Gasteiger partial charge in [-0.05, 0) is 0 Å². The highest BCUT2D eigenvalue weighted by Crippen LogP contribution is 2.24. The van der Waals surface area contributed by atoms with Gasteiger partial charge in [-0.15, -0.1) is 0 Å². The van der Waals surface area contributed by atoms with Gasteiger partial charge in [0.2, 0.25) is 5.89 Å². The first-order valence-electron chi connectivity index (χ1n) is 5.32. The monoisotopic (exact) mass is 266 g/mol. The number of carboxylic acid groups (broad SMARTS) is 1. The van der Waals surface area contributed by atoms with Crippen LogP contribution in [0.2, 0.25) is 0 Å². The smallest absolute Gasteiger partial charge is 0.389 e. The number of aryl methyl sites for hydroxylation is 1. The van der Waals surface area contributed by atoms with Crippen LogP contribution in [0.4, 0.5) is 13.2 Å². The van der Waals surface area contributed by atoms with E-state index in [1.165, 1.54) is 6.92 Å². The van der Waals surface area contributed by atoms with Crippen molar-refractivity contribution in [1.29, 1.82) is 0 Å². The van der Waals surface area contributed by atoms with E-state index in [0.717, 1.165) is 0 Å². The van der Waals surface area contributed by atoms with Crippen molar-refractivity contribution in [1.82, 2.24) is 10.1 Å². The first-order valence-corrected chi connectivity index (χ1v) is 5.32. The van der Waals surface area contributed by atoms with Crippen molar-refractivity contribution in [2.24, 2.45) is 5.92 Å². The topological polar surface area (TPSA) is 76.2 Å². The Labute approximate surface area is 101 Å². The maximum absolute atomic E-state index is 12.0. The van der Waals surface area contributed by atoms with E-state index in [9.17, 15) is 18.0 Å². The molecule has 0 bridgehead atoms. The van der Waals surface area contributed by atoms with E-state index in [0.29, 0.717) is 0 Å². The fraction of sp³-hybridized carbons (Fsp3) is 0.700. The van der Waals surface area contributed by atoms with Gasteiger partial charge in [-0.1, -0.05) is 19.0 Å². The Balaban J connectivity index is 2.66. The van der Waals surface area contributed by atoms with Gasteiger partial charge in [-0.25, -0.2) is 0 Å². The average Bonchev–Trinajstić information content (AvgIpc) is 2.71. The molecular weight excluding hydrogens is 253 g/mol. The van der Waals surface area contributed by atoms with Crippen LogP contribution in [0, 0.1) is 5.92 Å². The molecular formula is C10H13F3N2O3. The summed E-state index contributed by atoms with van der Waals surface area (Å²) in [6.45, 7) is 3.03. The lowest BCUT2D eigenvalue weighted by Gasteiger charge is -2.10. The van der Waals surface area contributed by atoms with Crippen LogP contribution in [-0.2, 0) is 11.2 Å². The first-order chi connectivity index (χ1) is 8.20. The molecule has 2 atom stereocenters. The maximum atomic E-state index is 12.0. The summed E-state index contributed by atoms with van der Waals surface area (Å²) in [4.78, 5) is 14.5. The molecule has 0 saturated heterocycles. The highest BCUT2D eigenvalue weighted by Gasteiger charge is 2.29. The summed E-state index contributed by atoms with van der Waals surface area (Å²) in [5, 5.41) is 12.2. The van der Waals surface area contributed by atoms with E-state index in [1.807, 2.05) is 0 Å². The quantitative estimate of drug-likeness (QED) is 0.885. The Morgan fingerprint density at radius 2 is 2.06 bits per heavy atom. The SMILES string of the molecule is CC(C(=O)O)C(C)c1nc(CCC(F)(F)F)no1. The summed E-state index contributed by atoms with van der Waals surface area (Å²) in [5.41, 5.74) is 0. The van der Waals surface area contributed by atoms with Crippen LogP contribution in [-0.4, -0.2) is 27.4 Å². The molecule has 0 saturated carbocycles. The van der Waals surface area contributed by atoms with Crippen LogP contribution in [0.25, 0.3) is 0 Å². The third kappa shape index (κ3) is 4.01. The average molecular weight is 266 g/mol. The van der Waals surface area contributed by atoms with Gasteiger partial charge in [0, 0.05) is 12.3 Å². The Morgan fingerprint density at radius 3 is 2.56 bits per heavy atom. The number of aromatic nitrogens is 2. The summed E-state index contributed by atoms with van der Waals surface area (Å²) in [6, 6.07) is 0. The zero-order chi connectivity index (χ0) is 13.9. The second-order valence-corrected chi connectivity index (χ2v) is 4.08. The zero-order valence-corrected chi connectivity index (χ0v) is 9.86. The van der Waals surface area contributed by atoms with Gasteiger partial charge in [0.15, 0.2) is 5.82 Å². The van der Waals surface area contributed by atoms with E-state index < -0.39 is 30.4 Å². The number of carbonyl (C=O) groups is 1. The second kappa shape index (κ2) is 5.36. The highest BCUT2D eigenvalue weighted by atomic mass is 19.4. The third-order valence-electron chi connectivity index (χ3n) is 2.64. The molecule has 0 fully saturated rings. The minimum Gasteiger partial charge on any atom is -0.481 e. The van der Waals surface area contributed by atoms with Crippen molar-refractivity contribution < 1.29 is 27.6 Å². The fourth-order valence-electron chi connectivity index (χ4n) is 1.24. The summed E-state index contributed by atoms with van der Waals surface area (Å²) in [5.74, 6) is -2.35. The van der Waals surface area contributed by atoms with Crippen molar-refractivity contribution in [3.8, 4) is 0 Å². The van der Waals surface area contributed by atoms with Crippen LogP contribution >= 0.6 is 0 Å². The molecule has 1 rings (SSSR count). The van der Waals surface area contributed by atoms with Crippen LogP contribution in [0.1, 0.15) is 37.9 Å². The first kappa shape index (κ1) is 14.5. The summed E-state index contributed by atoms with van der Waals surface area (Å²) in [7, 11) is 0. The molecule has 1 heterocycles. The number of rotatable bonds is 5. The van der Waals surface area contributed by atoms with Crippen molar-refractivity contribution in [2.45, 2.75) is 38.8 Å². The summed E-state index contributed by atoms with van der Waals surface area (Å²) >= 11 is 0. The molecule has 1 aromatic heterocycles. The molecule has 0 aromatic carbocycles. The summed E-state index contributed by atoms with van der Waals surface area (Å²) in [6.07, 6.45) is -5.68. The van der Waals surface area contributed by atoms with Crippen molar-refractivity contribution >= 4 is 5.97 Å². The highest BCUT2D eigenvalue weighted by molar-refractivity contribution is 5.70. The maximum Gasteiger partial charge on any atom is 0.389 e. The van der Waals surface area contributed by atoms with Crippen molar-refractivity contribution in [3.63, 3.8) is 0 Å². The lowest BCUT2D eigenvalue weighted by molar-refractivity contribution is -0.142. The van der Waals surface area contributed by atoms with Gasteiger partial charge in [0.25, 0.3) is 0 Å². The number of hydrogen-bond donors (Lipinski definition) is 1. The van der Waals surface area contributed by atoms with Gasteiger partial charge >= 0.3 is 12.1 Å².